The minimum Gasteiger partial charge on any atom is -0.313 e. The fraction of sp³-hybridized carbons (Fsp3) is 0.647. The lowest BCUT2D eigenvalue weighted by Crippen LogP contribution is -2.41. The summed E-state index contributed by atoms with van der Waals surface area (Å²) in [4.78, 5) is 2.63. The molecule has 1 aromatic carbocycles. The van der Waals surface area contributed by atoms with E-state index in [9.17, 15) is 0 Å². The Morgan fingerprint density at radius 2 is 1.84 bits per heavy atom. The van der Waals surface area contributed by atoms with E-state index in [2.05, 4.69) is 55.3 Å². The van der Waals surface area contributed by atoms with E-state index in [1.54, 1.807) is 0 Å². The number of piperidine rings is 1. The summed E-state index contributed by atoms with van der Waals surface area (Å²) in [5.41, 5.74) is 2.83. The lowest BCUT2D eigenvalue weighted by molar-refractivity contribution is 0.106. The molecule has 106 valence electrons. The summed E-state index contributed by atoms with van der Waals surface area (Å²) in [6, 6.07) is 9.82. The van der Waals surface area contributed by atoms with Crippen LogP contribution in [0.2, 0.25) is 0 Å². The van der Waals surface area contributed by atoms with Crippen molar-refractivity contribution in [2.24, 2.45) is 5.92 Å². The monoisotopic (exact) mass is 260 g/mol. The normalized spacial score (nSPS) is 24.6. The number of rotatable bonds is 5. The first-order valence-corrected chi connectivity index (χ1v) is 7.73. The van der Waals surface area contributed by atoms with Gasteiger partial charge in [-0.15, -0.1) is 0 Å². The van der Waals surface area contributed by atoms with Crippen molar-refractivity contribution >= 4 is 0 Å². The van der Waals surface area contributed by atoms with Gasteiger partial charge in [-0.2, -0.15) is 0 Å². The Balaban J connectivity index is 1.91. The second-order valence-corrected chi connectivity index (χ2v) is 5.93. The Morgan fingerprint density at radius 3 is 2.53 bits per heavy atom. The largest absolute Gasteiger partial charge is 0.313 e. The lowest BCUT2D eigenvalue weighted by Gasteiger charge is -2.38. The first kappa shape index (κ1) is 14.5. The molecule has 2 heteroatoms. The molecule has 2 unspecified atom stereocenters. The molecule has 0 amide bonds. The van der Waals surface area contributed by atoms with Gasteiger partial charge in [-0.3, -0.25) is 4.90 Å². The van der Waals surface area contributed by atoms with Gasteiger partial charge in [0.05, 0.1) is 0 Å². The summed E-state index contributed by atoms with van der Waals surface area (Å²) in [7, 11) is 0. The number of benzene rings is 1. The van der Waals surface area contributed by atoms with Gasteiger partial charge in [0.1, 0.15) is 0 Å². The molecule has 2 nitrogen and oxygen atoms in total. The summed E-state index contributed by atoms with van der Waals surface area (Å²) >= 11 is 0. The van der Waals surface area contributed by atoms with Gasteiger partial charge in [-0.1, -0.05) is 38.1 Å². The molecule has 0 radical (unpaired) electrons. The Labute approximate surface area is 118 Å². The Morgan fingerprint density at radius 1 is 1.16 bits per heavy atom. The van der Waals surface area contributed by atoms with Crippen LogP contribution in [0.4, 0.5) is 0 Å². The van der Waals surface area contributed by atoms with Crippen LogP contribution in [0, 0.1) is 5.92 Å². The molecule has 1 aliphatic rings. The van der Waals surface area contributed by atoms with Crippen LogP contribution in [0.15, 0.2) is 24.3 Å². The summed E-state index contributed by atoms with van der Waals surface area (Å²) in [6.07, 6.45) is 2.74. The molecule has 0 spiro atoms. The zero-order valence-electron chi connectivity index (χ0n) is 12.7. The topological polar surface area (TPSA) is 15.3 Å². The number of nitrogens with zero attached hydrogens (tertiary/aromatic N) is 1. The van der Waals surface area contributed by atoms with Crippen molar-refractivity contribution in [1.29, 1.82) is 0 Å². The van der Waals surface area contributed by atoms with Gasteiger partial charge in [-0.05, 0) is 49.9 Å². The summed E-state index contributed by atoms with van der Waals surface area (Å²) in [5, 5.41) is 3.37. The van der Waals surface area contributed by atoms with Crippen LogP contribution in [0.3, 0.4) is 0 Å². The summed E-state index contributed by atoms with van der Waals surface area (Å²) in [5.74, 6) is 0.835. The van der Waals surface area contributed by atoms with Crippen molar-refractivity contribution in [2.45, 2.75) is 52.7 Å². The fourth-order valence-corrected chi connectivity index (χ4v) is 2.91. The minimum absolute atomic E-state index is 0.718. The molecule has 2 atom stereocenters. The highest BCUT2D eigenvalue weighted by Gasteiger charge is 2.24. The molecule has 0 bridgehead atoms. The van der Waals surface area contributed by atoms with E-state index in [0.29, 0.717) is 0 Å². The van der Waals surface area contributed by atoms with E-state index in [1.807, 2.05) is 0 Å². The van der Waals surface area contributed by atoms with E-state index in [-0.39, 0.29) is 0 Å². The lowest BCUT2D eigenvalue weighted by atomic mass is 9.91. The molecule has 1 saturated heterocycles. The molecule has 1 fully saturated rings. The Hall–Kier alpha value is -0.860. The van der Waals surface area contributed by atoms with Crippen LogP contribution >= 0.6 is 0 Å². The molecule has 0 aromatic heterocycles. The maximum Gasteiger partial charge on any atom is 0.0236 e. The predicted octanol–water partition coefficient (Wildman–Crippen LogP) is 3.42. The molecular formula is C17H28N2. The fourth-order valence-electron chi connectivity index (χ4n) is 2.91. The Kier molecular flexibility index (Phi) is 5.41. The smallest absolute Gasteiger partial charge is 0.0236 e. The first-order chi connectivity index (χ1) is 9.20. The number of likely N-dealkylation sites (tertiary alicyclic amines) is 1. The van der Waals surface area contributed by atoms with E-state index in [4.69, 9.17) is 0 Å². The van der Waals surface area contributed by atoms with Gasteiger partial charge < -0.3 is 5.32 Å². The van der Waals surface area contributed by atoms with E-state index in [0.717, 1.165) is 31.6 Å². The zero-order valence-corrected chi connectivity index (χ0v) is 12.7. The molecule has 0 saturated carbocycles. The molecule has 1 heterocycles. The zero-order chi connectivity index (χ0) is 13.7. The van der Waals surface area contributed by atoms with Gasteiger partial charge in [-0.25, -0.2) is 0 Å². The SMILES string of the molecule is CCNCc1ccc(CN2CCCC(C)C2C)cc1. The van der Waals surface area contributed by atoms with Gasteiger partial charge in [0.25, 0.3) is 0 Å². The van der Waals surface area contributed by atoms with Crippen LogP contribution < -0.4 is 5.32 Å². The third-order valence-electron chi connectivity index (χ3n) is 4.49. The maximum atomic E-state index is 3.37. The van der Waals surface area contributed by atoms with Gasteiger partial charge in [0.15, 0.2) is 0 Å². The summed E-state index contributed by atoms with van der Waals surface area (Å²) < 4.78 is 0. The molecular weight excluding hydrogens is 232 g/mol. The first-order valence-electron chi connectivity index (χ1n) is 7.73. The molecule has 2 rings (SSSR count). The molecule has 1 N–H and O–H groups in total. The quantitative estimate of drug-likeness (QED) is 0.872. The van der Waals surface area contributed by atoms with Crippen LogP contribution in [0.1, 0.15) is 44.7 Å². The third-order valence-corrected chi connectivity index (χ3v) is 4.49. The van der Waals surface area contributed by atoms with Gasteiger partial charge >= 0.3 is 0 Å². The van der Waals surface area contributed by atoms with Crippen molar-refractivity contribution in [3.8, 4) is 0 Å². The highest BCUT2D eigenvalue weighted by molar-refractivity contribution is 5.22. The predicted molar refractivity (Wildman–Crippen MR) is 82.1 cm³/mol. The van der Waals surface area contributed by atoms with Crippen molar-refractivity contribution < 1.29 is 0 Å². The van der Waals surface area contributed by atoms with Crippen LogP contribution in [-0.2, 0) is 13.1 Å². The second kappa shape index (κ2) is 7.06. The average Bonchev–Trinajstić information content (AvgIpc) is 2.43. The van der Waals surface area contributed by atoms with Crippen LogP contribution in [0.5, 0.6) is 0 Å². The average molecular weight is 260 g/mol. The number of hydrogen-bond acceptors (Lipinski definition) is 2. The molecule has 1 aromatic rings. The van der Waals surface area contributed by atoms with Crippen LogP contribution in [-0.4, -0.2) is 24.0 Å². The van der Waals surface area contributed by atoms with E-state index < -0.39 is 0 Å². The number of hydrogen-bond donors (Lipinski definition) is 1. The summed E-state index contributed by atoms with van der Waals surface area (Å²) in [6.45, 7) is 11.3. The van der Waals surface area contributed by atoms with Gasteiger partial charge in [0, 0.05) is 19.1 Å². The molecule has 19 heavy (non-hydrogen) atoms. The molecule has 1 aliphatic heterocycles. The van der Waals surface area contributed by atoms with Gasteiger partial charge in [0.2, 0.25) is 0 Å². The van der Waals surface area contributed by atoms with Crippen molar-refractivity contribution in [3.05, 3.63) is 35.4 Å². The van der Waals surface area contributed by atoms with E-state index in [1.165, 1.54) is 30.5 Å². The second-order valence-electron chi connectivity index (χ2n) is 5.93. The highest BCUT2D eigenvalue weighted by Crippen LogP contribution is 2.24. The highest BCUT2D eigenvalue weighted by atomic mass is 15.2. The molecule has 0 aliphatic carbocycles. The maximum absolute atomic E-state index is 3.37. The van der Waals surface area contributed by atoms with Crippen molar-refractivity contribution in [2.75, 3.05) is 13.1 Å². The van der Waals surface area contributed by atoms with Crippen LogP contribution in [0.25, 0.3) is 0 Å². The van der Waals surface area contributed by atoms with E-state index >= 15 is 0 Å². The Bertz CT molecular complexity index is 371. The standard InChI is InChI=1S/C17H28N2/c1-4-18-12-16-7-9-17(10-8-16)13-19-11-5-6-14(2)15(19)3/h7-10,14-15,18H,4-6,11-13H2,1-3H3. The minimum atomic E-state index is 0.718. The van der Waals surface area contributed by atoms with Crippen molar-refractivity contribution in [3.63, 3.8) is 0 Å². The number of nitrogens with one attached hydrogen (secondary N) is 1. The van der Waals surface area contributed by atoms with Crippen molar-refractivity contribution in [1.82, 2.24) is 10.2 Å². The third kappa shape index (κ3) is 4.05.